The molecule has 5 heteroatoms. The molecule has 5 rings (SSSR count). The zero-order valence-electron chi connectivity index (χ0n) is 15.8. The minimum Gasteiger partial charge on any atom is -0.325 e. The van der Waals surface area contributed by atoms with Crippen molar-refractivity contribution in [2.45, 2.75) is 19.0 Å². The Kier molecular flexibility index (Phi) is 4.43. The Balaban J connectivity index is 1.54. The van der Waals surface area contributed by atoms with E-state index in [0.29, 0.717) is 12.5 Å². The topological polar surface area (TPSA) is 55.0 Å². The van der Waals surface area contributed by atoms with E-state index < -0.39 is 0 Å². The van der Waals surface area contributed by atoms with Crippen molar-refractivity contribution in [1.29, 1.82) is 0 Å². The summed E-state index contributed by atoms with van der Waals surface area (Å²) in [6.07, 6.45) is 0. The molecule has 1 unspecified atom stereocenters. The molecule has 140 valence electrons. The largest absolute Gasteiger partial charge is 0.325 e. The highest BCUT2D eigenvalue weighted by atomic mass is 32.1. The predicted octanol–water partition coefficient (Wildman–Crippen LogP) is 4.39. The molecule has 28 heavy (non-hydrogen) atoms. The van der Waals surface area contributed by atoms with E-state index in [1.54, 1.807) is 0 Å². The Hall–Kier alpha value is -2.60. The van der Waals surface area contributed by atoms with Gasteiger partial charge in [0.05, 0.1) is 11.4 Å². The molecule has 0 saturated heterocycles. The summed E-state index contributed by atoms with van der Waals surface area (Å²) in [6, 6.07) is 19.8. The van der Waals surface area contributed by atoms with Crippen LogP contribution in [0.4, 0.5) is 0 Å². The van der Waals surface area contributed by atoms with Crippen LogP contribution in [-0.4, -0.2) is 28.7 Å². The molecule has 1 atom stereocenters. The fraction of sp³-hybridized carbons (Fsp3) is 0.217. The third-order valence-electron chi connectivity index (χ3n) is 5.56. The van der Waals surface area contributed by atoms with Crippen molar-refractivity contribution < 1.29 is 0 Å². The van der Waals surface area contributed by atoms with Gasteiger partial charge in [0.2, 0.25) is 0 Å². The monoisotopic (exact) mass is 386 g/mol. The number of likely N-dealkylation sites (N-methyl/N-ethyl adjacent to an activating group) is 1. The van der Waals surface area contributed by atoms with Crippen LogP contribution in [-0.2, 0) is 13.1 Å². The molecular formula is C23H22N4S. The summed E-state index contributed by atoms with van der Waals surface area (Å²) in [5.74, 6) is 0.389. The van der Waals surface area contributed by atoms with Crippen LogP contribution in [0.1, 0.15) is 28.3 Å². The molecule has 0 radical (unpaired) electrons. The van der Waals surface area contributed by atoms with Gasteiger partial charge in [0.15, 0.2) is 0 Å². The molecular weight excluding hydrogens is 364 g/mol. The molecule has 0 aliphatic carbocycles. The van der Waals surface area contributed by atoms with Gasteiger partial charge in [-0.2, -0.15) is 10.2 Å². The van der Waals surface area contributed by atoms with Crippen LogP contribution in [0, 0.1) is 0 Å². The van der Waals surface area contributed by atoms with Crippen LogP contribution in [0.2, 0.25) is 0 Å². The van der Waals surface area contributed by atoms with E-state index >= 15 is 0 Å². The maximum absolute atomic E-state index is 5.64. The second-order valence-electron chi connectivity index (χ2n) is 7.49. The third kappa shape index (κ3) is 3.11. The molecule has 0 fully saturated rings. The second-order valence-corrected chi connectivity index (χ2v) is 8.44. The third-order valence-corrected chi connectivity index (χ3v) is 6.44. The molecule has 4 aromatic rings. The predicted molar refractivity (Wildman–Crippen MR) is 115 cm³/mol. The van der Waals surface area contributed by atoms with Gasteiger partial charge in [-0.05, 0) is 64.8 Å². The average molecular weight is 387 g/mol. The van der Waals surface area contributed by atoms with Crippen LogP contribution >= 0.6 is 11.3 Å². The Bertz CT molecular complexity index is 1130. The summed E-state index contributed by atoms with van der Waals surface area (Å²) in [5, 5.41) is 12.0. The van der Waals surface area contributed by atoms with E-state index in [-0.39, 0.29) is 0 Å². The van der Waals surface area contributed by atoms with Gasteiger partial charge >= 0.3 is 0 Å². The fourth-order valence-corrected chi connectivity index (χ4v) is 4.94. The lowest BCUT2D eigenvalue weighted by atomic mass is 9.83. The lowest BCUT2D eigenvalue weighted by molar-refractivity contribution is 0.295. The summed E-state index contributed by atoms with van der Waals surface area (Å²) in [4.78, 5) is 2.40. The van der Waals surface area contributed by atoms with Crippen molar-refractivity contribution in [3.05, 3.63) is 82.4 Å². The van der Waals surface area contributed by atoms with Crippen molar-refractivity contribution in [2.75, 3.05) is 13.6 Å². The van der Waals surface area contributed by atoms with E-state index in [9.17, 15) is 0 Å². The number of rotatable bonds is 3. The van der Waals surface area contributed by atoms with E-state index in [2.05, 4.69) is 70.0 Å². The van der Waals surface area contributed by atoms with Crippen LogP contribution in [0.3, 0.4) is 0 Å². The normalized spacial score (nSPS) is 17.0. The van der Waals surface area contributed by atoms with Crippen molar-refractivity contribution in [3.63, 3.8) is 0 Å². The maximum Gasteiger partial charge on any atom is 0.0929 e. The van der Waals surface area contributed by atoms with Crippen molar-refractivity contribution in [1.82, 2.24) is 15.1 Å². The molecule has 2 aromatic carbocycles. The number of nitrogens with zero attached hydrogens (tertiary/aromatic N) is 3. The fourth-order valence-electron chi connectivity index (χ4n) is 4.10. The minimum absolute atomic E-state index is 0.389. The summed E-state index contributed by atoms with van der Waals surface area (Å²) in [5.41, 5.74) is 12.6. The highest BCUT2D eigenvalue weighted by molar-refractivity contribution is 7.17. The van der Waals surface area contributed by atoms with E-state index in [1.807, 2.05) is 23.5 Å². The van der Waals surface area contributed by atoms with Gasteiger partial charge in [-0.1, -0.05) is 24.3 Å². The first kappa shape index (κ1) is 17.5. The van der Waals surface area contributed by atoms with Crippen molar-refractivity contribution in [3.8, 4) is 11.3 Å². The number of fused-ring (bicyclic) bond motifs is 2. The van der Waals surface area contributed by atoms with Gasteiger partial charge < -0.3 is 10.6 Å². The van der Waals surface area contributed by atoms with Gasteiger partial charge in [-0.25, -0.2) is 0 Å². The van der Waals surface area contributed by atoms with Gasteiger partial charge in [-0.15, -0.1) is 11.3 Å². The SMILES string of the molecule is CN1Cc2cc(-c3ccc(CN)nn3)ccc2C(c2ccc3ccsc3c2)C1. The highest BCUT2D eigenvalue weighted by Gasteiger charge is 2.25. The minimum atomic E-state index is 0.389. The van der Waals surface area contributed by atoms with Gasteiger partial charge in [0.25, 0.3) is 0 Å². The average Bonchev–Trinajstić information content (AvgIpc) is 3.20. The van der Waals surface area contributed by atoms with Crippen LogP contribution in [0.15, 0.2) is 60.0 Å². The summed E-state index contributed by atoms with van der Waals surface area (Å²) >= 11 is 1.81. The zero-order chi connectivity index (χ0) is 19.1. The van der Waals surface area contributed by atoms with Gasteiger partial charge in [0.1, 0.15) is 0 Å². The number of hydrogen-bond donors (Lipinski definition) is 1. The Morgan fingerprint density at radius 3 is 2.82 bits per heavy atom. The smallest absolute Gasteiger partial charge is 0.0929 e. The molecule has 0 saturated carbocycles. The first-order chi connectivity index (χ1) is 13.7. The lowest BCUT2D eigenvalue weighted by Crippen LogP contribution is -2.31. The van der Waals surface area contributed by atoms with Crippen molar-refractivity contribution in [2.24, 2.45) is 5.73 Å². The van der Waals surface area contributed by atoms with E-state index in [1.165, 1.54) is 26.8 Å². The molecule has 2 N–H and O–H groups in total. The molecule has 2 aromatic heterocycles. The quantitative estimate of drug-likeness (QED) is 0.567. The molecule has 1 aliphatic heterocycles. The number of benzene rings is 2. The van der Waals surface area contributed by atoms with Gasteiger partial charge in [-0.3, -0.25) is 0 Å². The summed E-state index contributed by atoms with van der Waals surface area (Å²) in [7, 11) is 2.20. The standard InChI is InChI=1S/C23H22N4S/c1-27-13-18-10-17(22-7-5-19(12-24)25-26-22)4-6-20(18)21(14-27)16-3-2-15-8-9-28-23(15)11-16/h2-11,21H,12-14,24H2,1H3. The van der Waals surface area contributed by atoms with Crippen LogP contribution in [0.25, 0.3) is 21.3 Å². The Labute approximate surface area is 168 Å². The highest BCUT2D eigenvalue weighted by Crippen LogP contribution is 2.36. The second kappa shape index (κ2) is 7.09. The summed E-state index contributed by atoms with van der Waals surface area (Å²) in [6.45, 7) is 2.40. The number of thiophene rings is 1. The Morgan fingerprint density at radius 2 is 2.00 bits per heavy atom. The first-order valence-corrected chi connectivity index (χ1v) is 10.4. The first-order valence-electron chi connectivity index (χ1n) is 9.53. The summed E-state index contributed by atoms with van der Waals surface area (Å²) < 4.78 is 1.36. The molecule has 0 spiro atoms. The lowest BCUT2D eigenvalue weighted by Gasteiger charge is -2.33. The van der Waals surface area contributed by atoms with Gasteiger partial charge in [0, 0.05) is 35.8 Å². The van der Waals surface area contributed by atoms with Crippen molar-refractivity contribution >= 4 is 21.4 Å². The molecule has 4 nitrogen and oxygen atoms in total. The van der Waals surface area contributed by atoms with Crippen LogP contribution in [0.5, 0.6) is 0 Å². The Morgan fingerprint density at radius 1 is 1.07 bits per heavy atom. The van der Waals surface area contributed by atoms with E-state index in [0.717, 1.165) is 30.0 Å². The molecule has 1 aliphatic rings. The number of nitrogens with two attached hydrogens (primary N) is 1. The molecule has 0 amide bonds. The zero-order valence-corrected chi connectivity index (χ0v) is 16.6. The number of aromatic nitrogens is 2. The van der Waals surface area contributed by atoms with Crippen LogP contribution < -0.4 is 5.73 Å². The molecule has 3 heterocycles. The maximum atomic E-state index is 5.64. The number of hydrogen-bond acceptors (Lipinski definition) is 5. The van der Waals surface area contributed by atoms with E-state index in [4.69, 9.17) is 5.73 Å². The molecule has 0 bridgehead atoms.